The lowest BCUT2D eigenvalue weighted by Crippen LogP contribution is -2.00. The van der Waals surface area contributed by atoms with Gasteiger partial charge in [-0.15, -0.1) is 10.2 Å². The standard InChI is InChI=1S/C14H16N6OS/c1-3-21-11-4-10(5-15-7-11)6-16-14-20-19-13(22-14)12-8-17-18-9(12)2/h4-5,7-8H,3,6H2,1-2H3,(H,16,20)(H,17,18). The molecule has 7 nitrogen and oxygen atoms in total. The number of aromatic nitrogens is 5. The van der Waals surface area contributed by atoms with Crippen LogP contribution in [0.5, 0.6) is 5.75 Å². The highest BCUT2D eigenvalue weighted by molar-refractivity contribution is 7.18. The fraction of sp³-hybridized carbons (Fsp3) is 0.286. The lowest BCUT2D eigenvalue weighted by Gasteiger charge is -2.05. The molecule has 3 heterocycles. The average Bonchev–Trinajstić information content (AvgIpc) is 3.14. The van der Waals surface area contributed by atoms with Crippen molar-refractivity contribution in [2.24, 2.45) is 0 Å². The van der Waals surface area contributed by atoms with Crippen molar-refractivity contribution in [3.05, 3.63) is 35.9 Å². The van der Waals surface area contributed by atoms with Crippen LogP contribution in [0.25, 0.3) is 10.6 Å². The molecule has 0 aliphatic rings. The number of ether oxygens (including phenoxy) is 1. The van der Waals surface area contributed by atoms with E-state index >= 15 is 0 Å². The molecule has 0 saturated carbocycles. The molecule has 22 heavy (non-hydrogen) atoms. The minimum absolute atomic E-state index is 0.618. The van der Waals surface area contributed by atoms with Crippen molar-refractivity contribution in [2.45, 2.75) is 20.4 Å². The molecule has 0 radical (unpaired) electrons. The smallest absolute Gasteiger partial charge is 0.206 e. The first-order valence-corrected chi connectivity index (χ1v) is 7.72. The summed E-state index contributed by atoms with van der Waals surface area (Å²) in [5, 5.41) is 20.1. The number of aromatic amines is 1. The van der Waals surface area contributed by atoms with Gasteiger partial charge in [0.1, 0.15) is 5.75 Å². The molecule has 0 unspecified atom stereocenters. The Morgan fingerprint density at radius 2 is 2.18 bits per heavy atom. The maximum atomic E-state index is 5.44. The number of hydrogen-bond donors (Lipinski definition) is 2. The van der Waals surface area contributed by atoms with Gasteiger partial charge in [0, 0.05) is 18.4 Å². The Morgan fingerprint density at radius 1 is 1.27 bits per heavy atom. The molecule has 0 aliphatic carbocycles. The van der Waals surface area contributed by atoms with Crippen molar-refractivity contribution in [3.8, 4) is 16.3 Å². The van der Waals surface area contributed by atoms with Crippen LogP contribution in [0.4, 0.5) is 5.13 Å². The van der Waals surface area contributed by atoms with Gasteiger partial charge in [-0.3, -0.25) is 10.1 Å². The summed E-state index contributed by atoms with van der Waals surface area (Å²) in [6.45, 7) is 5.16. The van der Waals surface area contributed by atoms with Crippen LogP contribution in [0.2, 0.25) is 0 Å². The minimum atomic E-state index is 0.618. The molecular weight excluding hydrogens is 300 g/mol. The van der Waals surface area contributed by atoms with Gasteiger partial charge in [0.2, 0.25) is 5.13 Å². The minimum Gasteiger partial charge on any atom is -0.492 e. The van der Waals surface area contributed by atoms with Gasteiger partial charge in [-0.05, 0) is 25.5 Å². The first kappa shape index (κ1) is 14.5. The highest BCUT2D eigenvalue weighted by Gasteiger charge is 2.10. The van der Waals surface area contributed by atoms with Gasteiger partial charge in [0.25, 0.3) is 0 Å². The molecule has 0 amide bonds. The Morgan fingerprint density at radius 3 is 2.95 bits per heavy atom. The average molecular weight is 316 g/mol. The number of hydrogen-bond acceptors (Lipinski definition) is 7. The number of pyridine rings is 1. The van der Waals surface area contributed by atoms with Gasteiger partial charge >= 0.3 is 0 Å². The molecule has 0 aliphatic heterocycles. The number of nitrogens with zero attached hydrogens (tertiary/aromatic N) is 4. The Labute approximate surface area is 131 Å². The summed E-state index contributed by atoms with van der Waals surface area (Å²) in [4.78, 5) is 4.16. The second-order valence-electron chi connectivity index (χ2n) is 4.64. The lowest BCUT2D eigenvalue weighted by atomic mass is 10.3. The van der Waals surface area contributed by atoms with Crippen molar-refractivity contribution in [2.75, 3.05) is 11.9 Å². The lowest BCUT2D eigenvalue weighted by molar-refractivity contribution is 0.338. The van der Waals surface area contributed by atoms with Crippen LogP contribution >= 0.6 is 11.3 Å². The van der Waals surface area contributed by atoms with Crippen molar-refractivity contribution in [1.82, 2.24) is 25.4 Å². The zero-order chi connectivity index (χ0) is 15.4. The normalized spacial score (nSPS) is 10.6. The third kappa shape index (κ3) is 3.22. The highest BCUT2D eigenvalue weighted by atomic mass is 32.1. The van der Waals surface area contributed by atoms with E-state index in [1.807, 2.05) is 19.9 Å². The summed E-state index contributed by atoms with van der Waals surface area (Å²) in [6.07, 6.45) is 5.27. The maximum absolute atomic E-state index is 5.44. The van der Waals surface area contributed by atoms with Crippen LogP contribution in [0, 0.1) is 6.92 Å². The fourth-order valence-corrected chi connectivity index (χ4v) is 2.76. The Bertz CT molecular complexity index is 753. The van der Waals surface area contributed by atoms with Gasteiger partial charge in [-0.25, -0.2) is 0 Å². The summed E-state index contributed by atoms with van der Waals surface area (Å²) in [5.74, 6) is 0.772. The number of rotatable bonds is 6. The summed E-state index contributed by atoms with van der Waals surface area (Å²) in [7, 11) is 0. The van der Waals surface area contributed by atoms with Crippen molar-refractivity contribution < 1.29 is 4.74 Å². The van der Waals surface area contributed by atoms with E-state index < -0.39 is 0 Å². The van der Waals surface area contributed by atoms with Gasteiger partial charge in [-0.1, -0.05) is 11.3 Å². The third-order valence-electron chi connectivity index (χ3n) is 3.01. The molecule has 0 bridgehead atoms. The highest BCUT2D eigenvalue weighted by Crippen LogP contribution is 2.27. The summed E-state index contributed by atoms with van der Waals surface area (Å²) >= 11 is 1.49. The summed E-state index contributed by atoms with van der Waals surface area (Å²) in [6, 6.07) is 1.96. The molecule has 2 N–H and O–H groups in total. The predicted molar refractivity (Wildman–Crippen MR) is 85.0 cm³/mol. The SMILES string of the molecule is CCOc1cncc(CNc2nnc(-c3cn[nH]c3C)s2)c1. The van der Waals surface area contributed by atoms with Crippen LogP contribution in [0.1, 0.15) is 18.2 Å². The van der Waals surface area contributed by atoms with Crippen LogP contribution < -0.4 is 10.1 Å². The number of anilines is 1. The second-order valence-corrected chi connectivity index (χ2v) is 5.61. The van der Waals surface area contributed by atoms with E-state index in [0.717, 1.165) is 32.7 Å². The van der Waals surface area contributed by atoms with Crippen LogP contribution in [-0.2, 0) is 6.54 Å². The molecule has 3 rings (SSSR count). The first-order valence-electron chi connectivity index (χ1n) is 6.90. The molecule has 0 fully saturated rings. The molecule has 3 aromatic heterocycles. The Hall–Kier alpha value is -2.48. The monoisotopic (exact) mass is 316 g/mol. The number of H-pyrrole nitrogens is 1. The van der Waals surface area contributed by atoms with E-state index in [2.05, 4.69) is 30.7 Å². The Kier molecular flexibility index (Phi) is 4.29. The summed E-state index contributed by atoms with van der Waals surface area (Å²) < 4.78 is 5.44. The largest absolute Gasteiger partial charge is 0.492 e. The van der Waals surface area contributed by atoms with Gasteiger partial charge in [0.05, 0.1) is 24.6 Å². The van der Waals surface area contributed by atoms with E-state index in [1.54, 1.807) is 18.6 Å². The second kappa shape index (κ2) is 6.52. The summed E-state index contributed by atoms with van der Waals surface area (Å²) in [5.41, 5.74) is 2.99. The van der Waals surface area contributed by atoms with E-state index in [4.69, 9.17) is 4.74 Å². The van der Waals surface area contributed by atoms with E-state index in [9.17, 15) is 0 Å². The van der Waals surface area contributed by atoms with Crippen molar-refractivity contribution >= 4 is 16.5 Å². The van der Waals surface area contributed by atoms with Crippen LogP contribution in [0.15, 0.2) is 24.7 Å². The topological polar surface area (TPSA) is 88.6 Å². The van der Waals surface area contributed by atoms with E-state index in [1.165, 1.54) is 11.3 Å². The maximum Gasteiger partial charge on any atom is 0.206 e. The van der Waals surface area contributed by atoms with Gasteiger partial charge in [-0.2, -0.15) is 5.10 Å². The third-order valence-corrected chi connectivity index (χ3v) is 3.92. The van der Waals surface area contributed by atoms with E-state index in [0.29, 0.717) is 13.2 Å². The molecule has 3 aromatic rings. The van der Waals surface area contributed by atoms with E-state index in [-0.39, 0.29) is 0 Å². The molecule has 114 valence electrons. The van der Waals surface area contributed by atoms with Crippen LogP contribution in [-0.4, -0.2) is 32.0 Å². The first-order chi connectivity index (χ1) is 10.8. The number of nitrogens with one attached hydrogen (secondary N) is 2. The molecule has 0 spiro atoms. The zero-order valence-corrected chi connectivity index (χ0v) is 13.1. The number of aryl methyl sites for hydroxylation is 1. The molecule has 0 aromatic carbocycles. The predicted octanol–water partition coefficient (Wildman–Crippen LogP) is 2.64. The zero-order valence-electron chi connectivity index (χ0n) is 12.3. The molecule has 0 atom stereocenters. The quantitative estimate of drug-likeness (QED) is 0.727. The van der Waals surface area contributed by atoms with Gasteiger partial charge in [0.15, 0.2) is 5.01 Å². The fourth-order valence-electron chi connectivity index (χ4n) is 1.95. The molecule has 0 saturated heterocycles. The van der Waals surface area contributed by atoms with Gasteiger partial charge < -0.3 is 10.1 Å². The molecule has 8 heteroatoms. The molecular formula is C14H16N6OS. The van der Waals surface area contributed by atoms with Crippen molar-refractivity contribution in [3.63, 3.8) is 0 Å². The Balaban J connectivity index is 1.66. The van der Waals surface area contributed by atoms with Crippen LogP contribution in [0.3, 0.4) is 0 Å². The van der Waals surface area contributed by atoms with Crippen molar-refractivity contribution in [1.29, 1.82) is 0 Å².